The molecule has 0 aliphatic rings. The summed E-state index contributed by atoms with van der Waals surface area (Å²) in [5, 5.41) is 4.04. The number of aromatic nitrogens is 3. The molecule has 3 heterocycles. The van der Waals surface area contributed by atoms with Crippen molar-refractivity contribution in [2.75, 3.05) is 0 Å². The van der Waals surface area contributed by atoms with E-state index in [1.807, 2.05) is 20.0 Å². The van der Waals surface area contributed by atoms with Crippen molar-refractivity contribution in [3.8, 4) is 11.1 Å². The van der Waals surface area contributed by atoms with E-state index in [9.17, 15) is 0 Å². The number of hydrogen-bond donors (Lipinski definition) is 0. The molecule has 3 rings (SSSR count). The molecule has 3 aromatic heterocycles. The predicted octanol–water partition coefficient (Wildman–Crippen LogP) is 4.45. The second-order valence-electron chi connectivity index (χ2n) is 5.80. The van der Waals surface area contributed by atoms with Crippen molar-refractivity contribution in [3.63, 3.8) is 0 Å². The summed E-state index contributed by atoms with van der Waals surface area (Å²) in [7, 11) is 0. The van der Waals surface area contributed by atoms with Crippen molar-refractivity contribution in [2.45, 2.75) is 47.1 Å². The number of aryl methyl sites for hydroxylation is 3. The fourth-order valence-electron chi connectivity index (χ4n) is 2.91. The van der Waals surface area contributed by atoms with E-state index in [0.717, 1.165) is 34.5 Å². The van der Waals surface area contributed by atoms with Gasteiger partial charge in [-0.2, -0.15) is 0 Å². The third kappa shape index (κ3) is 2.15. The molecule has 0 fully saturated rings. The molecule has 4 heteroatoms. The quantitative estimate of drug-likeness (QED) is 0.713. The maximum Gasteiger partial charge on any atom is 0.141 e. The average molecular weight is 283 g/mol. The van der Waals surface area contributed by atoms with Crippen LogP contribution in [0.25, 0.3) is 22.2 Å². The Morgan fingerprint density at radius 2 is 2.05 bits per heavy atom. The molecular formula is C17H21N3O. The second-order valence-corrected chi connectivity index (χ2v) is 5.80. The third-order valence-corrected chi connectivity index (χ3v) is 4.00. The predicted molar refractivity (Wildman–Crippen MR) is 84.5 cm³/mol. The van der Waals surface area contributed by atoms with Gasteiger partial charge in [0.05, 0.1) is 16.7 Å². The minimum Gasteiger partial charge on any atom is -0.361 e. The van der Waals surface area contributed by atoms with Crippen molar-refractivity contribution >= 4 is 11.0 Å². The SMILES string of the molecule is CCc1cn(C(C)C)c2cc(-c3c(C)noc3C)cnc12. The molecule has 0 unspecified atom stereocenters. The van der Waals surface area contributed by atoms with Gasteiger partial charge in [-0.25, -0.2) is 0 Å². The molecule has 0 aliphatic carbocycles. The van der Waals surface area contributed by atoms with Crippen LogP contribution in [0.3, 0.4) is 0 Å². The lowest BCUT2D eigenvalue weighted by molar-refractivity contribution is 0.393. The van der Waals surface area contributed by atoms with Gasteiger partial charge in [0, 0.05) is 29.6 Å². The molecular weight excluding hydrogens is 262 g/mol. The second kappa shape index (κ2) is 5.02. The van der Waals surface area contributed by atoms with E-state index >= 15 is 0 Å². The maximum atomic E-state index is 5.28. The van der Waals surface area contributed by atoms with E-state index in [4.69, 9.17) is 9.51 Å². The molecule has 110 valence electrons. The first-order valence-corrected chi connectivity index (χ1v) is 7.45. The van der Waals surface area contributed by atoms with Gasteiger partial charge in [0.25, 0.3) is 0 Å². The summed E-state index contributed by atoms with van der Waals surface area (Å²) in [4.78, 5) is 4.70. The molecule has 4 nitrogen and oxygen atoms in total. The van der Waals surface area contributed by atoms with Gasteiger partial charge in [0.1, 0.15) is 5.76 Å². The number of pyridine rings is 1. The minimum atomic E-state index is 0.412. The normalized spacial score (nSPS) is 11.7. The fraction of sp³-hybridized carbons (Fsp3) is 0.412. The Labute approximate surface area is 124 Å². The van der Waals surface area contributed by atoms with Gasteiger partial charge >= 0.3 is 0 Å². The van der Waals surface area contributed by atoms with E-state index < -0.39 is 0 Å². The number of hydrogen-bond acceptors (Lipinski definition) is 3. The van der Waals surface area contributed by atoms with Crippen LogP contribution in [0.2, 0.25) is 0 Å². The lowest BCUT2D eigenvalue weighted by atomic mass is 10.1. The Kier molecular flexibility index (Phi) is 3.32. The van der Waals surface area contributed by atoms with E-state index in [2.05, 4.69) is 42.8 Å². The molecule has 0 atom stereocenters. The summed E-state index contributed by atoms with van der Waals surface area (Å²) in [5.74, 6) is 0.840. The number of rotatable bonds is 3. The summed E-state index contributed by atoms with van der Waals surface area (Å²) < 4.78 is 7.58. The van der Waals surface area contributed by atoms with Crippen LogP contribution in [0, 0.1) is 13.8 Å². The first-order chi connectivity index (χ1) is 10.0. The van der Waals surface area contributed by atoms with Crippen LogP contribution in [-0.2, 0) is 6.42 Å². The van der Waals surface area contributed by atoms with E-state index in [1.54, 1.807) is 0 Å². The standard InChI is InChI=1S/C17H21N3O/c1-6-13-9-20(10(2)3)15-7-14(8-18-17(13)15)16-11(4)19-21-12(16)5/h7-10H,6H2,1-5H3. The van der Waals surface area contributed by atoms with Crippen molar-refractivity contribution in [2.24, 2.45) is 0 Å². The Hall–Kier alpha value is -2.10. The van der Waals surface area contributed by atoms with Crippen LogP contribution in [0.15, 0.2) is 23.0 Å². The molecule has 21 heavy (non-hydrogen) atoms. The smallest absolute Gasteiger partial charge is 0.141 e. The highest BCUT2D eigenvalue weighted by atomic mass is 16.5. The topological polar surface area (TPSA) is 43.9 Å². The highest BCUT2D eigenvalue weighted by Crippen LogP contribution is 2.31. The van der Waals surface area contributed by atoms with Gasteiger partial charge in [0.15, 0.2) is 0 Å². The van der Waals surface area contributed by atoms with Gasteiger partial charge in [-0.1, -0.05) is 12.1 Å². The van der Waals surface area contributed by atoms with Crippen molar-refractivity contribution < 1.29 is 4.52 Å². The monoisotopic (exact) mass is 283 g/mol. The van der Waals surface area contributed by atoms with Gasteiger partial charge in [-0.3, -0.25) is 4.98 Å². The summed E-state index contributed by atoms with van der Waals surface area (Å²) >= 11 is 0. The molecule has 0 aromatic carbocycles. The van der Waals surface area contributed by atoms with Crippen LogP contribution in [0.1, 0.15) is 43.8 Å². The summed E-state index contributed by atoms with van der Waals surface area (Å²) in [5.41, 5.74) is 6.61. The molecule has 0 amide bonds. The zero-order valence-corrected chi connectivity index (χ0v) is 13.3. The van der Waals surface area contributed by atoms with Crippen LogP contribution in [-0.4, -0.2) is 14.7 Å². The van der Waals surface area contributed by atoms with Gasteiger partial charge in [-0.05, 0) is 45.7 Å². The molecule has 0 N–H and O–H groups in total. The zero-order chi connectivity index (χ0) is 15.1. The highest BCUT2D eigenvalue weighted by Gasteiger charge is 2.16. The van der Waals surface area contributed by atoms with Gasteiger partial charge in [0.2, 0.25) is 0 Å². The summed E-state index contributed by atoms with van der Waals surface area (Å²) in [6.07, 6.45) is 5.14. The first kappa shape index (κ1) is 13.9. The molecule has 3 aromatic rings. The Morgan fingerprint density at radius 1 is 1.29 bits per heavy atom. The van der Waals surface area contributed by atoms with Crippen molar-refractivity contribution in [1.29, 1.82) is 0 Å². The minimum absolute atomic E-state index is 0.412. The van der Waals surface area contributed by atoms with Gasteiger partial charge in [-0.15, -0.1) is 0 Å². The van der Waals surface area contributed by atoms with Crippen LogP contribution in [0.4, 0.5) is 0 Å². The maximum absolute atomic E-state index is 5.28. The summed E-state index contributed by atoms with van der Waals surface area (Å²) in [6, 6.07) is 2.61. The molecule has 0 spiro atoms. The van der Waals surface area contributed by atoms with Crippen molar-refractivity contribution in [1.82, 2.24) is 14.7 Å². The Bertz CT molecular complexity index is 776. The first-order valence-electron chi connectivity index (χ1n) is 7.45. The number of fused-ring (bicyclic) bond motifs is 1. The van der Waals surface area contributed by atoms with Crippen LogP contribution >= 0.6 is 0 Å². The van der Waals surface area contributed by atoms with Crippen molar-refractivity contribution in [3.05, 3.63) is 35.5 Å². The lowest BCUT2D eigenvalue weighted by Gasteiger charge is -2.09. The molecule has 0 saturated carbocycles. The molecule has 0 aliphatic heterocycles. The lowest BCUT2D eigenvalue weighted by Crippen LogP contribution is -1.98. The average Bonchev–Trinajstić information content (AvgIpc) is 2.98. The van der Waals surface area contributed by atoms with E-state index in [-0.39, 0.29) is 0 Å². The molecule has 0 radical (unpaired) electrons. The molecule has 0 bridgehead atoms. The number of nitrogens with zero attached hydrogens (tertiary/aromatic N) is 3. The Morgan fingerprint density at radius 3 is 2.62 bits per heavy atom. The highest BCUT2D eigenvalue weighted by molar-refractivity contribution is 5.85. The summed E-state index contributed by atoms with van der Waals surface area (Å²) in [6.45, 7) is 10.5. The van der Waals surface area contributed by atoms with Crippen LogP contribution < -0.4 is 0 Å². The zero-order valence-electron chi connectivity index (χ0n) is 13.3. The Balaban J connectivity index is 2.27. The van der Waals surface area contributed by atoms with Crippen LogP contribution in [0.5, 0.6) is 0 Å². The fourth-order valence-corrected chi connectivity index (χ4v) is 2.91. The largest absolute Gasteiger partial charge is 0.361 e. The third-order valence-electron chi connectivity index (χ3n) is 4.00. The van der Waals surface area contributed by atoms with E-state index in [0.29, 0.717) is 6.04 Å². The van der Waals surface area contributed by atoms with Gasteiger partial charge < -0.3 is 9.09 Å². The van der Waals surface area contributed by atoms with E-state index in [1.165, 1.54) is 11.1 Å². The molecule has 0 saturated heterocycles.